The van der Waals surface area contributed by atoms with E-state index in [1.807, 2.05) is 0 Å². The lowest BCUT2D eigenvalue weighted by Gasteiger charge is -2.02. The quantitative estimate of drug-likeness (QED) is 0.422. The van der Waals surface area contributed by atoms with Crippen molar-refractivity contribution in [2.75, 3.05) is 5.88 Å². The average molecular weight is 175 g/mol. The number of allylic oxidation sites excluding steroid dienone is 2. The molecule has 0 aromatic heterocycles. The van der Waals surface area contributed by atoms with Crippen LogP contribution in [0.25, 0.3) is 0 Å². The van der Waals surface area contributed by atoms with Crippen LogP contribution in [-0.2, 0) is 0 Å². The molecule has 0 aromatic rings. The summed E-state index contributed by atoms with van der Waals surface area (Å²) in [6.45, 7) is 4.45. The smallest absolute Gasteiger partial charge is 0.0223 e. The molecular weight excluding hydrogens is 156 g/mol. The van der Waals surface area contributed by atoms with Crippen molar-refractivity contribution in [1.82, 2.24) is 0 Å². The highest BCUT2D eigenvalue weighted by atomic mass is 35.5. The second-order valence-corrected chi connectivity index (χ2v) is 3.40. The predicted molar refractivity (Wildman–Crippen MR) is 53.2 cm³/mol. The Morgan fingerprint density at radius 2 is 2.18 bits per heavy atom. The number of hydrogen-bond acceptors (Lipinski definition) is 0. The highest BCUT2D eigenvalue weighted by molar-refractivity contribution is 6.17. The zero-order chi connectivity index (χ0) is 8.53. The standard InChI is InChI=1S/C10H19Cl/c1-3-4-5-7-10(2)8-6-9-11/h5,7,10H,3-4,6,8-9H2,1-2H3. The van der Waals surface area contributed by atoms with Gasteiger partial charge in [-0.05, 0) is 25.2 Å². The van der Waals surface area contributed by atoms with Gasteiger partial charge >= 0.3 is 0 Å². The molecule has 0 aliphatic heterocycles. The van der Waals surface area contributed by atoms with Gasteiger partial charge in [0.25, 0.3) is 0 Å². The van der Waals surface area contributed by atoms with Gasteiger partial charge in [0.2, 0.25) is 0 Å². The lowest BCUT2D eigenvalue weighted by atomic mass is 10.1. The Labute approximate surface area is 75.6 Å². The van der Waals surface area contributed by atoms with Crippen LogP contribution < -0.4 is 0 Å². The van der Waals surface area contributed by atoms with Crippen LogP contribution in [-0.4, -0.2) is 5.88 Å². The molecule has 0 heterocycles. The summed E-state index contributed by atoms with van der Waals surface area (Å²) in [6, 6.07) is 0. The summed E-state index contributed by atoms with van der Waals surface area (Å²) in [6.07, 6.45) is 9.40. The second-order valence-electron chi connectivity index (χ2n) is 3.03. The van der Waals surface area contributed by atoms with Crippen molar-refractivity contribution in [3.05, 3.63) is 12.2 Å². The van der Waals surface area contributed by atoms with Gasteiger partial charge in [0.05, 0.1) is 0 Å². The van der Waals surface area contributed by atoms with E-state index in [2.05, 4.69) is 26.0 Å². The van der Waals surface area contributed by atoms with Crippen molar-refractivity contribution in [2.45, 2.75) is 39.5 Å². The predicted octanol–water partition coefficient (Wildman–Crippen LogP) is 4.00. The van der Waals surface area contributed by atoms with E-state index < -0.39 is 0 Å². The van der Waals surface area contributed by atoms with Crippen LogP contribution in [0.5, 0.6) is 0 Å². The molecule has 1 unspecified atom stereocenters. The van der Waals surface area contributed by atoms with Crippen LogP contribution in [0.15, 0.2) is 12.2 Å². The van der Waals surface area contributed by atoms with E-state index in [0.717, 1.165) is 12.3 Å². The highest BCUT2D eigenvalue weighted by Gasteiger charge is 1.94. The van der Waals surface area contributed by atoms with Crippen LogP contribution in [0.2, 0.25) is 0 Å². The maximum atomic E-state index is 5.58. The van der Waals surface area contributed by atoms with E-state index in [9.17, 15) is 0 Å². The van der Waals surface area contributed by atoms with Gasteiger partial charge in [0, 0.05) is 5.88 Å². The first-order valence-electron chi connectivity index (χ1n) is 4.53. The molecule has 0 spiro atoms. The van der Waals surface area contributed by atoms with E-state index in [1.54, 1.807) is 0 Å². The Hall–Kier alpha value is 0.0300. The van der Waals surface area contributed by atoms with Gasteiger partial charge in [0.15, 0.2) is 0 Å². The molecular formula is C10H19Cl. The van der Waals surface area contributed by atoms with E-state index in [1.165, 1.54) is 19.3 Å². The summed E-state index contributed by atoms with van der Waals surface area (Å²) in [5, 5.41) is 0. The number of alkyl halides is 1. The SMILES string of the molecule is CCCC=CC(C)CCCCl. The molecule has 0 nitrogen and oxygen atoms in total. The molecule has 0 rings (SSSR count). The van der Waals surface area contributed by atoms with Crippen LogP contribution in [0, 0.1) is 5.92 Å². The van der Waals surface area contributed by atoms with Crippen molar-refractivity contribution < 1.29 is 0 Å². The van der Waals surface area contributed by atoms with E-state index in [-0.39, 0.29) is 0 Å². The molecule has 0 radical (unpaired) electrons. The third-order valence-corrected chi connectivity index (χ3v) is 1.98. The topological polar surface area (TPSA) is 0 Å². The first-order chi connectivity index (χ1) is 5.31. The van der Waals surface area contributed by atoms with Crippen molar-refractivity contribution >= 4 is 11.6 Å². The molecule has 0 aromatic carbocycles. The summed E-state index contributed by atoms with van der Waals surface area (Å²) in [5.41, 5.74) is 0. The molecule has 11 heavy (non-hydrogen) atoms. The zero-order valence-corrected chi connectivity index (χ0v) is 8.40. The Morgan fingerprint density at radius 1 is 1.45 bits per heavy atom. The maximum absolute atomic E-state index is 5.58. The highest BCUT2D eigenvalue weighted by Crippen LogP contribution is 2.08. The van der Waals surface area contributed by atoms with Gasteiger partial charge in [-0.25, -0.2) is 0 Å². The summed E-state index contributed by atoms with van der Waals surface area (Å²) in [5.74, 6) is 1.51. The number of halogens is 1. The normalized spacial score (nSPS) is 14.1. The van der Waals surface area contributed by atoms with Crippen LogP contribution in [0.4, 0.5) is 0 Å². The van der Waals surface area contributed by atoms with E-state index in [0.29, 0.717) is 5.92 Å². The molecule has 1 atom stereocenters. The minimum absolute atomic E-state index is 0.709. The third-order valence-electron chi connectivity index (χ3n) is 1.71. The molecule has 0 aliphatic rings. The fourth-order valence-corrected chi connectivity index (χ4v) is 1.14. The molecule has 0 aliphatic carbocycles. The van der Waals surface area contributed by atoms with Crippen LogP contribution in [0.3, 0.4) is 0 Å². The van der Waals surface area contributed by atoms with Crippen molar-refractivity contribution in [1.29, 1.82) is 0 Å². The second kappa shape index (κ2) is 8.13. The first kappa shape index (κ1) is 11.0. The first-order valence-corrected chi connectivity index (χ1v) is 5.07. The Bertz CT molecular complexity index is 97.0. The fourth-order valence-electron chi connectivity index (χ4n) is 0.991. The summed E-state index contributed by atoms with van der Waals surface area (Å²) in [7, 11) is 0. The van der Waals surface area contributed by atoms with Gasteiger partial charge in [0.1, 0.15) is 0 Å². The molecule has 0 N–H and O–H groups in total. The van der Waals surface area contributed by atoms with Gasteiger partial charge in [-0.2, -0.15) is 0 Å². The fraction of sp³-hybridized carbons (Fsp3) is 0.800. The Balaban J connectivity index is 3.27. The molecule has 0 amide bonds. The monoisotopic (exact) mass is 174 g/mol. The molecule has 1 heteroatoms. The van der Waals surface area contributed by atoms with Crippen molar-refractivity contribution in [2.24, 2.45) is 5.92 Å². The molecule has 0 fully saturated rings. The van der Waals surface area contributed by atoms with Gasteiger partial charge in [-0.1, -0.05) is 32.4 Å². The molecule has 66 valence electrons. The lowest BCUT2D eigenvalue weighted by molar-refractivity contribution is 0.634. The minimum Gasteiger partial charge on any atom is -0.127 e. The Kier molecular flexibility index (Phi) is 8.15. The largest absolute Gasteiger partial charge is 0.127 e. The average Bonchev–Trinajstić information content (AvgIpc) is 2.01. The van der Waals surface area contributed by atoms with Crippen LogP contribution >= 0.6 is 11.6 Å². The number of hydrogen-bond donors (Lipinski definition) is 0. The van der Waals surface area contributed by atoms with Gasteiger partial charge < -0.3 is 0 Å². The summed E-state index contributed by atoms with van der Waals surface area (Å²) >= 11 is 5.58. The molecule has 0 saturated heterocycles. The lowest BCUT2D eigenvalue weighted by Crippen LogP contribution is -1.89. The number of unbranched alkanes of at least 4 members (excludes halogenated alkanes) is 1. The minimum atomic E-state index is 0.709. The van der Waals surface area contributed by atoms with Gasteiger partial charge in [-0.15, -0.1) is 11.6 Å². The van der Waals surface area contributed by atoms with Crippen molar-refractivity contribution in [3.8, 4) is 0 Å². The molecule has 0 saturated carbocycles. The number of rotatable bonds is 6. The molecule has 0 bridgehead atoms. The van der Waals surface area contributed by atoms with E-state index in [4.69, 9.17) is 11.6 Å². The maximum Gasteiger partial charge on any atom is 0.0223 e. The van der Waals surface area contributed by atoms with E-state index >= 15 is 0 Å². The Morgan fingerprint density at radius 3 is 2.73 bits per heavy atom. The summed E-state index contributed by atoms with van der Waals surface area (Å²) < 4.78 is 0. The van der Waals surface area contributed by atoms with Crippen molar-refractivity contribution in [3.63, 3.8) is 0 Å². The third kappa shape index (κ3) is 7.93. The summed E-state index contributed by atoms with van der Waals surface area (Å²) in [4.78, 5) is 0. The zero-order valence-electron chi connectivity index (χ0n) is 7.65. The van der Waals surface area contributed by atoms with Gasteiger partial charge in [-0.3, -0.25) is 0 Å². The van der Waals surface area contributed by atoms with Crippen LogP contribution in [0.1, 0.15) is 39.5 Å².